The van der Waals surface area contributed by atoms with Crippen molar-refractivity contribution in [1.82, 2.24) is 0 Å². The van der Waals surface area contributed by atoms with Gasteiger partial charge in [0.05, 0.1) is 16.6 Å². The second-order valence-corrected chi connectivity index (χ2v) is 3.98. The Morgan fingerprint density at radius 2 is 1.95 bits per heavy atom. The number of hydrogen-bond donors (Lipinski definition) is 1. The monoisotopic (exact) mass is 284 g/mol. The quantitative estimate of drug-likeness (QED) is 0.682. The van der Waals surface area contributed by atoms with E-state index >= 15 is 0 Å². The zero-order chi connectivity index (χ0) is 15.4. The first-order valence-electron chi connectivity index (χ1n) is 5.71. The lowest BCUT2D eigenvalue weighted by Crippen LogP contribution is -1.97. The molecule has 0 heterocycles. The molecule has 1 N–H and O–H groups in total. The second-order valence-electron chi connectivity index (χ2n) is 3.98. The third-order valence-electron chi connectivity index (χ3n) is 2.60. The predicted octanol–water partition coefficient (Wildman–Crippen LogP) is 2.96. The van der Waals surface area contributed by atoms with Gasteiger partial charge >= 0.3 is 5.97 Å². The molecular formula is C14H8N2O5. The van der Waals surface area contributed by atoms with Gasteiger partial charge in [0.2, 0.25) is 0 Å². The summed E-state index contributed by atoms with van der Waals surface area (Å²) < 4.78 is 5.38. The van der Waals surface area contributed by atoms with E-state index in [9.17, 15) is 14.9 Å². The molecule has 21 heavy (non-hydrogen) atoms. The molecule has 2 aromatic rings. The van der Waals surface area contributed by atoms with Gasteiger partial charge in [-0.3, -0.25) is 10.1 Å². The number of carboxylic acids is 1. The summed E-state index contributed by atoms with van der Waals surface area (Å²) in [6.45, 7) is 0. The van der Waals surface area contributed by atoms with Crippen LogP contribution in [0.15, 0.2) is 42.5 Å². The Labute approximate surface area is 118 Å². The minimum absolute atomic E-state index is 0.0376. The number of rotatable bonds is 4. The molecule has 104 valence electrons. The van der Waals surface area contributed by atoms with Crippen LogP contribution < -0.4 is 4.74 Å². The minimum atomic E-state index is -1.11. The maximum absolute atomic E-state index is 10.9. The van der Waals surface area contributed by atoms with Gasteiger partial charge in [-0.2, -0.15) is 5.26 Å². The number of carboxylic acid groups (broad SMARTS) is 1. The molecule has 0 atom stereocenters. The van der Waals surface area contributed by atoms with E-state index in [0.29, 0.717) is 0 Å². The van der Waals surface area contributed by atoms with E-state index < -0.39 is 10.9 Å². The number of nitrogens with zero attached hydrogens (tertiary/aromatic N) is 2. The van der Waals surface area contributed by atoms with Crippen molar-refractivity contribution in [3.05, 3.63) is 63.7 Å². The number of carbonyl (C=O) groups is 1. The van der Waals surface area contributed by atoms with E-state index in [4.69, 9.17) is 15.1 Å². The first kappa shape index (κ1) is 14.0. The van der Waals surface area contributed by atoms with Gasteiger partial charge in [-0.25, -0.2) is 4.79 Å². The fourth-order valence-corrected chi connectivity index (χ4v) is 1.65. The number of nitro groups is 1. The Morgan fingerprint density at radius 1 is 1.24 bits per heavy atom. The van der Waals surface area contributed by atoms with Crippen LogP contribution >= 0.6 is 0 Å². The molecule has 0 spiro atoms. The van der Waals surface area contributed by atoms with E-state index in [1.807, 2.05) is 0 Å². The topological polar surface area (TPSA) is 113 Å². The molecule has 0 aliphatic rings. The number of nitro benzene ring substituents is 1. The third-order valence-corrected chi connectivity index (χ3v) is 2.60. The zero-order valence-electron chi connectivity index (χ0n) is 10.5. The van der Waals surface area contributed by atoms with Gasteiger partial charge in [0.25, 0.3) is 5.69 Å². The molecule has 0 amide bonds. The number of benzene rings is 2. The van der Waals surface area contributed by atoms with Crippen LogP contribution in [0.5, 0.6) is 11.5 Å². The van der Waals surface area contributed by atoms with E-state index in [2.05, 4.69) is 0 Å². The predicted molar refractivity (Wildman–Crippen MR) is 71.3 cm³/mol. The highest BCUT2D eigenvalue weighted by Gasteiger charge is 2.15. The number of aromatic carboxylic acids is 1. The van der Waals surface area contributed by atoms with Crippen LogP contribution in [-0.2, 0) is 0 Å². The van der Waals surface area contributed by atoms with Crippen molar-refractivity contribution >= 4 is 11.7 Å². The first-order chi connectivity index (χ1) is 10.0. The van der Waals surface area contributed by atoms with E-state index in [-0.39, 0.29) is 28.3 Å². The van der Waals surface area contributed by atoms with Crippen molar-refractivity contribution < 1.29 is 19.6 Å². The molecule has 0 aliphatic carbocycles. The summed E-state index contributed by atoms with van der Waals surface area (Å²) in [5, 5.41) is 28.5. The lowest BCUT2D eigenvalue weighted by atomic mass is 10.2. The molecule has 0 unspecified atom stereocenters. The van der Waals surface area contributed by atoms with Crippen molar-refractivity contribution in [3.63, 3.8) is 0 Å². The number of hydrogen-bond acceptors (Lipinski definition) is 5. The highest BCUT2D eigenvalue weighted by molar-refractivity contribution is 5.88. The first-order valence-corrected chi connectivity index (χ1v) is 5.71. The Morgan fingerprint density at radius 3 is 2.57 bits per heavy atom. The molecule has 0 radical (unpaired) electrons. The fraction of sp³-hybridized carbons (Fsp3) is 0. The Kier molecular flexibility index (Phi) is 3.81. The van der Waals surface area contributed by atoms with Crippen LogP contribution in [0.2, 0.25) is 0 Å². The van der Waals surface area contributed by atoms with Crippen molar-refractivity contribution in [2.24, 2.45) is 0 Å². The van der Waals surface area contributed by atoms with Crippen molar-refractivity contribution in [2.45, 2.75) is 0 Å². The molecule has 0 fully saturated rings. The minimum Gasteiger partial charge on any atom is -0.478 e. The lowest BCUT2D eigenvalue weighted by molar-refractivity contribution is -0.385. The normalized spacial score (nSPS) is 9.67. The molecule has 0 aromatic heterocycles. The highest BCUT2D eigenvalue weighted by Crippen LogP contribution is 2.28. The maximum Gasteiger partial charge on any atom is 0.335 e. The van der Waals surface area contributed by atoms with E-state index in [1.54, 1.807) is 6.07 Å². The summed E-state index contributed by atoms with van der Waals surface area (Å²) in [6.07, 6.45) is 0. The molecule has 2 rings (SSSR count). The Balaban J connectivity index is 2.34. The maximum atomic E-state index is 10.9. The molecule has 7 heteroatoms. The summed E-state index contributed by atoms with van der Waals surface area (Å²) >= 11 is 0. The molecule has 0 saturated heterocycles. The van der Waals surface area contributed by atoms with Crippen molar-refractivity contribution in [2.75, 3.05) is 0 Å². The number of nitriles is 1. The van der Waals surface area contributed by atoms with Gasteiger partial charge in [0.1, 0.15) is 23.1 Å². The molecule has 0 bridgehead atoms. The van der Waals surface area contributed by atoms with Crippen LogP contribution in [0.25, 0.3) is 0 Å². The summed E-state index contributed by atoms with van der Waals surface area (Å²) in [6, 6.07) is 11.2. The van der Waals surface area contributed by atoms with Crippen LogP contribution in [0.4, 0.5) is 5.69 Å². The van der Waals surface area contributed by atoms with E-state index in [0.717, 1.165) is 6.07 Å². The highest BCUT2D eigenvalue weighted by atomic mass is 16.6. The summed E-state index contributed by atoms with van der Waals surface area (Å²) in [5.74, 6) is -0.733. The molecule has 0 saturated carbocycles. The average Bonchev–Trinajstić information content (AvgIpc) is 2.47. The van der Waals surface area contributed by atoms with Gasteiger partial charge < -0.3 is 9.84 Å². The smallest absolute Gasteiger partial charge is 0.335 e. The third kappa shape index (κ3) is 3.13. The van der Waals surface area contributed by atoms with Gasteiger partial charge in [-0.15, -0.1) is 0 Å². The Hall–Kier alpha value is -3.40. The molecule has 0 aliphatic heterocycles. The van der Waals surface area contributed by atoms with Crippen LogP contribution in [-0.4, -0.2) is 16.0 Å². The molecule has 7 nitrogen and oxygen atoms in total. The van der Waals surface area contributed by atoms with Gasteiger partial charge in [-0.1, -0.05) is 6.07 Å². The van der Waals surface area contributed by atoms with Crippen LogP contribution in [0, 0.1) is 21.4 Å². The summed E-state index contributed by atoms with van der Waals surface area (Å²) in [7, 11) is 0. The van der Waals surface area contributed by atoms with Crippen LogP contribution in [0.3, 0.4) is 0 Å². The SMILES string of the molecule is N#Cc1ccc(Oc2cccc(C(=O)O)c2)cc1[N+](=O)[O-]. The second kappa shape index (κ2) is 5.71. The summed E-state index contributed by atoms with van der Waals surface area (Å²) in [4.78, 5) is 21.0. The van der Waals surface area contributed by atoms with Crippen molar-refractivity contribution in [1.29, 1.82) is 5.26 Å². The zero-order valence-corrected chi connectivity index (χ0v) is 10.5. The largest absolute Gasteiger partial charge is 0.478 e. The molecular weight excluding hydrogens is 276 g/mol. The fourth-order valence-electron chi connectivity index (χ4n) is 1.65. The van der Waals surface area contributed by atoms with Gasteiger partial charge in [0.15, 0.2) is 0 Å². The standard InChI is InChI=1S/C14H8N2O5/c15-8-10-4-5-12(7-13(10)16(19)20)21-11-3-1-2-9(6-11)14(17)18/h1-7H,(H,17,18). The van der Waals surface area contributed by atoms with Gasteiger partial charge in [-0.05, 0) is 30.3 Å². The van der Waals surface area contributed by atoms with E-state index in [1.165, 1.54) is 36.4 Å². The molecule has 2 aromatic carbocycles. The van der Waals surface area contributed by atoms with Crippen molar-refractivity contribution in [3.8, 4) is 17.6 Å². The Bertz CT molecular complexity index is 764. The lowest BCUT2D eigenvalue weighted by Gasteiger charge is -2.06. The summed E-state index contributed by atoms with van der Waals surface area (Å²) in [5.41, 5.74) is -0.410. The average molecular weight is 284 g/mol. The number of ether oxygens (including phenoxy) is 1. The van der Waals surface area contributed by atoms with Crippen LogP contribution in [0.1, 0.15) is 15.9 Å². The van der Waals surface area contributed by atoms with Gasteiger partial charge in [0, 0.05) is 0 Å².